The van der Waals surface area contributed by atoms with Gasteiger partial charge >= 0.3 is 0 Å². The number of nitrogens with one attached hydrogen (secondary N) is 2. The Morgan fingerprint density at radius 1 is 1.00 bits per heavy atom. The van der Waals surface area contributed by atoms with Gasteiger partial charge in [0, 0.05) is 41.5 Å². The van der Waals surface area contributed by atoms with Gasteiger partial charge in [-0.2, -0.15) is 5.10 Å². The summed E-state index contributed by atoms with van der Waals surface area (Å²) in [7, 11) is 3.94. The van der Waals surface area contributed by atoms with Crippen LogP contribution in [-0.2, 0) is 0 Å². The van der Waals surface area contributed by atoms with Crippen molar-refractivity contribution in [2.45, 2.75) is 6.92 Å². The van der Waals surface area contributed by atoms with Gasteiger partial charge in [-0.3, -0.25) is 15.1 Å². The molecule has 0 bridgehead atoms. The van der Waals surface area contributed by atoms with Crippen LogP contribution < -0.4 is 4.74 Å². The minimum atomic E-state index is -0.362. The zero-order valence-electron chi connectivity index (χ0n) is 21.3. The number of imidazole rings is 1. The number of aromatic nitrogens is 6. The molecule has 0 amide bonds. The van der Waals surface area contributed by atoms with Gasteiger partial charge in [0.05, 0.1) is 28.4 Å². The Bertz CT molecular complexity index is 1770. The first-order chi connectivity index (χ1) is 18.5. The number of benzene rings is 2. The first-order valence-electron chi connectivity index (χ1n) is 12.3. The first kappa shape index (κ1) is 23.7. The molecule has 0 aliphatic heterocycles. The van der Waals surface area contributed by atoms with Crippen molar-refractivity contribution in [3.8, 4) is 39.7 Å². The molecule has 4 aromatic heterocycles. The molecule has 6 aromatic rings. The number of nitrogens with zero attached hydrogens (tertiary/aromatic N) is 5. The highest BCUT2D eigenvalue weighted by atomic mass is 19.1. The molecule has 190 valence electrons. The van der Waals surface area contributed by atoms with E-state index < -0.39 is 0 Å². The molecule has 4 heterocycles. The van der Waals surface area contributed by atoms with Crippen LogP contribution in [0.15, 0.2) is 67.1 Å². The molecule has 2 aromatic carbocycles. The van der Waals surface area contributed by atoms with Crippen molar-refractivity contribution in [3.05, 3.63) is 78.5 Å². The summed E-state index contributed by atoms with van der Waals surface area (Å²) in [4.78, 5) is 19.2. The Hall–Kier alpha value is -4.63. The minimum absolute atomic E-state index is 0.362. The van der Waals surface area contributed by atoms with Crippen LogP contribution in [0, 0.1) is 12.7 Å². The lowest BCUT2D eigenvalue weighted by Gasteiger charge is -2.12. The molecule has 0 aliphatic rings. The first-order valence-corrected chi connectivity index (χ1v) is 12.3. The van der Waals surface area contributed by atoms with E-state index in [2.05, 4.69) is 25.1 Å². The summed E-state index contributed by atoms with van der Waals surface area (Å²) in [5.74, 6) is 0.732. The van der Waals surface area contributed by atoms with Crippen LogP contribution in [0.5, 0.6) is 5.75 Å². The summed E-state index contributed by atoms with van der Waals surface area (Å²) in [6, 6.07) is 14.5. The smallest absolute Gasteiger partial charge is 0.159 e. The number of aromatic amines is 2. The highest BCUT2D eigenvalue weighted by Crippen LogP contribution is 2.34. The van der Waals surface area contributed by atoms with E-state index in [1.807, 2.05) is 68.5 Å². The SMILES string of the molecule is Cc1ccncc1-c1cc2c(-c3nc4c(-c5cc(F)cc(OCCN(C)C)c5)cccc4[nH]3)n[nH]c2cn1. The fourth-order valence-corrected chi connectivity index (χ4v) is 4.50. The molecule has 2 N–H and O–H groups in total. The second-order valence-corrected chi connectivity index (χ2v) is 9.49. The molecule has 6 rings (SSSR count). The lowest BCUT2D eigenvalue weighted by Crippen LogP contribution is -2.19. The Morgan fingerprint density at radius 3 is 2.74 bits per heavy atom. The van der Waals surface area contributed by atoms with Crippen molar-refractivity contribution in [2.24, 2.45) is 0 Å². The van der Waals surface area contributed by atoms with E-state index >= 15 is 0 Å². The van der Waals surface area contributed by atoms with Gasteiger partial charge in [-0.25, -0.2) is 9.37 Å². The van der Waals surface area contributed by atoms with Crippen LogP contribution >= 0.6 is 0 Å². The van der Waals surface area contributed by atoms with Crippen molar-refractivity contribution < 1.29 is 9.13 Å². The average molecular weight is 508 g/mol. The Labute approximate surface area is 218 Å². The number of halogens is 1. The molecule has 0 saturated heterocycles. The molecular formula is C29H26FN7O. The number of hydrogen-bond donors (Lipinski definition) is 2. The zero-order chi connectivity index (χ0) is 26.2. The summed E-state index contributed by atoms with van der Waals surface area (Å²) < 4.78 is 20.4. The predicted octanol–water partition coefficient (Wildman–Crippen LogP) is 5.62. The number of hydrogen-bond acceptors (Lipinski definition) is 6. The van der Waals surface area contributed by atoms with Crippen molar-refractivity contribution in [3.63, 3.8) is 0 Å². The van der Waals surface area contributed by atoms with Crippen LogP contribution in [0.4, 0.5) is 4.39 Å². The summed E-state index contributed by atoms with van der Waals surface area (Å²) in [6.45, 7) is 3.23. The quantitative estimate of drug-likeness (QED) is 0.291. The molecule has 0 atom stereocenters. The molecule has 0 unspecified atom stereocenters. The maximum atomic E-state index is 14.6. The monoisotopic (exact) mass is 507 g/mol. The van der Waals surface area contributed by atoms with Crippen molar-refractivity contribution in [2.75, 3.05) is 27.2 Å². The van der Waals surface area contributed by atoms with Gasteiger partial charge in [-0.15, -0.1) is 0 Å². The summed E-state index contributed by atoms with van der Waals surface area (Å²) in [5, 5.41) is 8.48. The number of fused-ring (bicyclic) bond motifs is 2. The normalized spacial score (nSPS) is 11.6. The van der Waals surface area contributed by atoms with Gasteiger partial charge in [-0.05, 0) is 62.5 Å². The maximum absolute atomic E-state index is 14.6. The molecular weight excluding hydrogens is 481 g/mol. The number of likely N-dealkylation sites (N-methyl/N-ethyl adjacent to an activating group) is 1. The second kappa shape index (κ2) is 9.68. The molecule has 0 radical (unpaired) electrons. The second-order valence-electron chi connectivity index (χ2n) is 9.49. The third-order valence-corrected chi connectivity index (χ3v) is 6.49. The highest BCUT2D eigenvalue weighted by Gasteiger charge is 2.17. The van der Waals surface area contributed by atoms with Gasteiger partial charge in [0.15, 0.2) is 5.82 Å². The van der Waals surface area contributed by atoms with Gasteiger partial charge in [-0.1, -0.05) is 12.1 Å². The largest absolute Gasteiger partial charge is 0.492 e. The third-order valence-electron chi connectivity index (χ3n) is 6.49. The zero-order valence-corrected chi connectivity index (χ0v) is 21.3. The molecule has 0 spiro atoms. The van der Waals surface area contributed by atoms with Gasteiger partial charge < -0.3 is 14.6 Å². The fraction of sp³-hybridized carbons (Fsp3) is 0.172. The number of rotatable bonds is 7. The Balaban J connectivity index is 1.41. The lowest BCUT2D eigenvalue weighted by molar-refractivity contribution is 0.260. The molecule has 38 heavy (non-hydrogen) atoms. The highest BCUT2D eigenvalue weighted by molar-refractivity contribution is 5.98. The van der Waals surface area contributed by atoms with Gasteiger partial charge in [0.2, 0.25) is 0 Å². The van der Waals surface area contributed by atoms with Crippen LogP contribution in [0.1, 0.15) is 5.56 Å². The van der Waals surface area contributed by atoms with Crippen LogP contribution in [0.2, 0.25) is 0 Å². The minimum Gasteiger partial charge on any atom is -0.492 e. The van der Waals surface area contributed by atoms with Crippen molar-refractivity contribution in [1.82, 2.24) is 35.0 Å². The Kier molecular flexibility index (Phi) is 6.05. The summed E-state index contributed by atoms with van der Waals surface area (Å²) >= 11 is 0. The molecule has 0 saturated carbocycles. The number of para-hydroxylation sites is 1. The maximum Gasteiger partial charge on any atom is 0.159 e. The van der Waals surface area contributed by atoms with Crippen LogP contribution in [0.3, 0.4) is 0 Å². The van der Waals surface area contributed by atoms with E-state index in [9.17, 15) is 4.39 Å². The average Bonchev–Trinajstić information content (AvgIpc) is 3.52. The van der Waals surface area contributed by atoms with Crippen molar-refractivity contribution in [1.29, 1.82) is 0 Å². The van der Waals surface area contributed by atoms with Crippen LogP contribution in [-0.4, -0.2) is 62.3 Å². The number of pyridine rings is 2. The van der Waals surface area contributed by atoms with E-state index in [4.69, 9.17) is 9.72 Å². The molecule has 0 aliphatic carbocycles. The topological polar surface area (TPSA) is 95.6 Å². The molecule has 8 nitrogen and oxygen atoms in total. The van der Waals surface area contributed by atoms with E-state index in [0.29, 0.717) is 29.4 Å². The van der Waals surface area contributed by atoms with Gasteiger partial charge in [0.1, 0.15) is 23.9 Å². The summed E-state index contributed by atoms with van der Waals surface area (Å²) in [5.41, 5.74) is 7.38. The molecule has 0 fully saturated rings. The van der Waals surface area contributed by atoms with Crippen molar-refractivity contribution >= 4 is 21.9 Å². The summed E-state index contributed by atoms with van der Waals surface area (Å²) in [6.07, 6.45) is 5.35. The lowest BCUT2D eigenvalue weighted by atomic mass is 10.0. The number of ether oxygens (including phenoxy) is 1. The fourth-order valence-electron chi connectivity index (χ4n) is 4.50. The molecule has 9 heteroatoms. The van der Waals surface area contributed by atoms with Gasteiger partial charge in [0.25, 0.3) is 0 Å². The Morgan fingerprint density at radius 2 is 1.89 bits per heavy atom. The predicted molar refractivity (Wildman–Crippen MR) is 146 cm³/mol. The number of H-pyrrole nitrogens is 2. The van der Waals surface area contributed by atoms with Crippen LogP contribution in [0.25, 0.3) is 55.8 Å². The van der Waals surface area contributed by atoms with E-state index in [0.717, 1.165) is 50.9 Å². The van der Waals surface area contributed by atoms with E-state index in [-0.39, 0.29) is 5.82 Å². The van der Waals surface area contributed by atoms with E-state index in [1.165, 1.54) is 12.1 Å². The van der Waals surface area contributed by atoms with E-state index in [1.54, 1.807) is 12.4 Å². The third kappa shape index (κ3) is 4.48. The standard InChI is InChI=1S/C29H26FN7O/c1-17-7-8-31-15-23(17)25-14-22-26(16-32-25)35-36-28(22)29-33-24-6-4-5-21(27(24)34-29)18-11-19(30)13-20(12-18)38-10-9-37(2)3/h4-8,11-16H,9-10H2,1-3H3,(H,33,34)(H,35,36). The number of aryl methyl sites for hydroxylation is 1.